The number of amides is 1. The summed E-state index contributed by atoms with van der Waals surface area (Å²) < 4.78 is 70.7. The Balaban J connectivity index is 1.41. The second kappa shape index (κ2) is 11.8. The lowest BCUT2D eigenvalue weighted by molar-refractivity contribution is -0.274. The van der Waals surface area contributed by atoms with E-state index in [0.717, 1.165) is 34.4 Å². The van der Waals surface area contributed by atoms with Gasteiger partial charge in [0.25, 0.3) is 0 Å². The summed E-state index contributed by atoms with van der Waals surface area (Å²) in [5, 5.41) is 2.96. The number of hydrogen-bond donors (Lipinski definition) is 1. The fourth-order valence-electron chi connectivity index (χ4n) is 5.33. The first-order valence-electron chi connectivity index (χ1n) is 13.3. The van der Waals surface area contributed by atoms with Crippen molar-refractivity contribution in [3.05, 3.63) is 124 Å². The SMILES string of the molecule is Cc1cc(C)cc(CNC(=O)C2CC(c3c(F)cccc3F)=NC2c2ccc(-c3ccc(OC(F)(F)F)cc3)cc2)c1. The van der Waals surface area contributed by atoms with Gasteiger partial charge in [-0.2, -0.15) is 0 Å². The van der Waals surface area contributed by atoms with Crippen molar-refractivity contribution in [2.24, 2.45) is 10.9 Å². The maximum atomic E-state index is 14.7. The highest BCUT2D eigenvalue weighted by molar-refractivity contribution is 6.05. The zero-order chi connectivity index (χ0) is 30.0. The number of halogens is 5. The zero-order valence-corrected chi connectivity index (χ0v) is 22.8. The number of aryl methyl sites for hydroxylation is 2. The molecule has 9 heteroatoms. The van der Waals surface area contributed by atoms with Crippen molar-refractivity contribution in [2.75, 3.05) is 0 Å². The van der Waals surface area contributed by atoms with Gasteiger partial charge in [-0.1, -0.05) is 71.8 Å². The van der Waals surface area contributed by atoms with Gasteiger partial charge in [0.2, 0.25) is 5.91 Å². The Bertz CT molecular complexity index is 1590. The molecule has 0 spiro atoms. The molecule has 0 saturated heterocycles. The maximum absolute atomic E-state index is 14.7. The molecule has 5 rings (SSSR count). The summed E-state index contributed by atoms with van der Waals surface area (Å²) in [7, 11) is 0. The third-order valence-corrected chi connectivity index (χ3v) is 7.10. The second-order valence-electron chi connectivity index (χ2n) is 10.3. The van der Waals surface area contributed by atoms with Crippen LogP contribution < -0.4 is 10.1 Å². The number of nitrogens with zero attached hydrogens (tertiary/aromatic N) is 1. The highest BCUT2D eigenvalue weighted by atomic mass is 19.4. The lowest BCUT2D eigenvalue weighted by Crippen LogP contribution is -2.32. The first kappa shape index (κ1) is 29.0. The van der Waals surface area contributed by atoms with Gasteiger partial charge in [-0.3, -0.25) is 9.79 Å². The monoisotopic (exact) mass is 578 g/mol. The molecule has 42 heavy (non-hydrogen) atoms. The summed E-state index contributed by atoms with van der Waals surface area (Å²) >= 11 is 0. The van der Waals surface area contributed by atoms with E-state index in [-0.39, 0.29) is 29.4 Å². The number of hydrogen-bond acceptors (Lipinski definition) is 3. The van der Waals surface area contributed by atoms with Crippen molar-refractivity contribution in [1.29, 1.82) is 0 Å². The number of carbonyl (C=O) groups is 1. The molecule has 0 radical (unpaired) electrons. The first-order valence-corrected chi connectivity index (χ1v) is 13.3. The van der Waals surface area contributed by atoms with E-state index in [1.54, 1.807) is 24.3 Å². The van der Waals surface area contributed by atoms with Crippen LogP contribution in [0.1, 0.15) is 40.3 Å². The molecule has 4 nitrogen and oxygen atoms in total. The molecule has 2 unspecified atom stereocenters. The second-order valence-corrected chi connectivity index (χ2v) is 10.3. The summed E-state index contributed by atoms with van der Waals surface area (Å²) in [5.74, 6) is -2.84. The van der Waals surface area contributed by atoms with Crippen LogP contribution in [0.3, 0.4) is 0 Å². The number of nitrogens with one attached hydrogen (secondary N) is 1. The summed E-state index contributed by atoms with van der Waals surface area (Å²) in [4.78, 5) is 18.1. The van der Waals surface area contributed by atoms with Crippen molar-refractivity contribution in [2.45, 2.75) is 39.2 Å². The van der Waals surface area contributed by atoms with Gasteiger partial charge in [0, 0.05) is 18.7 Å². The fourth-order valence-corrected chi connectivity index (χ4v) is 5.33. The smallest absolute Gasteiger partial charge is 0.406 e. The minimum absolute atomic E-state index is 0.0453. The Morgan fingerprint density at radius 2 is 1.45 bits per heavy atom. The van der Waals surface area contributed by atoms with E-state index in [2.05, 4.69) is 15.0 Å². The quantitative estimate of drug-likeness (QED) is 0.226. The number of rotatable bonds is 7. The van der Waals surface area contributed by atoms with Crippen LogP contribution in [-0.2, 0) is 11.3 Å². The van der Waals surface area contributed by atoms with E-state index in [9.17, 15) is 26.7 Å². The van der Waals surface area contributed by atoms with Crippen molar-refractivity contribution in [1.82, 2.24) is 5.32 Å². The van der Waals surface area contributed by atoms with Crippen LogP contribution in [0.25, 0.3) is 11.1 Å². The molecule has 0 fully saturated rings. The minimum Gasteiger partial charge on any atom is -0.406 e. The number of carbonyl (C=O) groups excluding carboxylic acids is 1. The molecule has 1 amide bonds. The molecule has 0 bridgehead atoms. The molecule has 2 atom stereocenters. The molecular weight excluding hydrogens is 551 g/mol. The molecular formula is C33H27F5N2O2. The molecule has 0 aliphatic carbocycles. The van der Waals surface area contributed by atoms with Gasteiger partial charge in [0.1, 0.15) is 17.4 Å². The van der Waals surface area contributed by atoms with Gasteiger partial charge < -0.3 is 10.1 Å². The van der Waals surface area contributed by atoms with E-state index in [4.69, 9.17) is 0 Å². The summed E-state index contributed by atoms with van der Waals surface area (Å²) in [5.41, 5.74) is 5.04. The van der Waals surface area contributed by atoms with Crippen molar-refractivity contribution >= 4 is 11.6 Å². The zero-order valence-electron chi connectivity index (χ0n) is 22.8. The van der Waals surface area contributed by atoms with E-state index in [1.165, 1.54) is 30.3 Å². The third-order valence-electron chi connectivity index (χ3n) is 7.10. The Kier molecular flexibility index (Phi) is 8.11. The van der Waals surface area contributed by atoms with Gasteiger partial charge in [-0.05, 0) is 60.4 Å². The highest BCUT2D eigenvalue weighted by Crippen LogP contribution is 2.38. The fraction of sp³-hybridized carbons (Fsp3) is 0.212. The van der Waals surface area contributed by atoms with Crippen molar-refractivity contribution in [3.63, 3.8) is 0 Å². The highest BCUT2D eigenvalue weighted by Gasteiger charge is 2.38. The average Bonchev–Trinajstić information content (AvgIpc) is 3.36. The predicted octanol–water partition coefficient (Wildman–Crippen LogP) is 8.01. The lowest BCUT2D eigenvalue weighted by Gasteiger charge is -2.19. The first-order chi connectivity index (χ1) is 20.0. The molecule has 1 heterocycles. The van der Waals surface area contributed by atoms with Crippen molar-refractivity contribution < 1.29 is 31.5 Å². The molecule has 0 aromatic heterocycles. The number of ether oxygens (including phenoxy) is 1. The Morgan fingerprint density at radius 1 is 0.881 bits per heavy atom. The molecule has 0 saturated carbocycles. The van der Waals surface area contributed by atoms with Crippen LogP contribution in [0.15, 0.2) is 89.9 Å². The van der Waals surface area contributed by atoms with Crippen LogP contribution in [-0.4, -0.2) is 18.0 Å². The number of alkyl halides is 3. The van der Waals surface area contributed by atoms with Crippen LogP contribution >= 0.6 is 0 Å². The Labute approximate surface area is 239 Å². The van der Waals surface area contributed by atoms with E-state index in [1.807, 2.05) is 32.0 Å². The lowest BCUT2D eigenvalue weighted by atomic mass is 9.89. The predicted molar refractivity (Wildman–Crippen MR) is 150 cm³/mol. The largest absolute Gasteiger partial charge is 0.573 e. The third kappa shape index (κ3) is 6.67. The molecule has 4 aromatic rings. The average molecular weight is 579 g/mol. The van der Waals surface area contributed by atoms with E-state index >= 15 is 0 Å². The summed E-state index contributed by atoms with van der Waals surface area (Å²) in [6, 6.07) is 21.4. The van der Waals surface area contributed by atoms with Gasteiger partial charge in [0.15, 0.2) is 0 Å². The van der Waals surface area contributed by atoms with Crippen LogP contribution in [0.2, 0.25) is 0 Å². The van der Waals surface area contributed by atoms with E-state index < -0.39 is 30.0 Å². The topological polar surface area (TPSA) is 50.7 Å². The molecule has 1 N–H and O–H groups in total. The van der Waals surface area contributed by atoms with Crippen LogP contribution in [0.4, 0.5) is 22.0 Å². The van der Waals surface area contributed by atoms with Gasteiger partial charge >= 0.3 is 6.36 Å². The number of benzene rings is 4. The van der Waals surface area contributed by atoms with Crippen LogP contribution in [0, 0.1) is 31.4 Å². The van der Waals surface area contributed by atoms with Gasteiger partial charge in [-0.25, -0.2) is 8.78 Å². The Morgan fingerprint density at radius 3 is 2.02 bits per heavy atom. The molecule has 1 aliphatic heterocycles. The maximum Gasteiger partial charge on any atom is 0.573 e. The minimum atomic E-state index is -4.78. The molecule has 1 aliphatic rings. The van der Waals surface area contributed by atoms with E-state index in [0.29, 0.717) is 17.7 Å². The standard InChI is InChI=1S/C33H27F5N2O2/c1-19-14-20(2)16-21(15-19)18-39-32(41)26-17-29(30-27(34)4-3-5-28(30)35)40-31(26)24-8-6-22(7-9-24)23-10-12-25(13-11-23)42-33(36,37)38/h3-16,26,31H,17-18H2,1-2H3,(H,39,41). The van der Waals surface area contributed by atoms with Gasteiger partial charge in [-0.15, -0.1) is 13.2 Å². The summed E-state index contributed by atoms with van der Waals surface area (Å²) in [6.07, 6.45) is -4.74. The number of aliphatic imine (C=N–C) groups is 1. The summed E-state index contributed by atoms with van der Waals surface area (Å²) in [6.45, 7) is 4.24. The molecule has 4 aromatic carbocycles. The molecule has 216 valence electrons. The van der Waals surface area contributed by atoms with Crippen LogP contribution in [0.5, 0.6) is 5.75 Å². The van der Waals surface area contributed by atoms with Gasteiger partial charge in [0.05, 0.1) is 17.5 Å². The normalized spacial score (nSPS) is 16.7. The Hall–Kier alpha value is -4.53. The van der Waals surface area contributed by atoms with Crippen molar-refractivity contribution in [3.8, 4) is 16.9 Å².